The Morgan fingerprint density at radius 2 is 1.76 bits per heavy atom. The Kier molecular flexibility index (Phi) is 4.82. The fourth-order valence-electron chi connectivity index (χ4n) is 2.21. The Bertz CT molecular complexity index is 608. The number of hydrogen-bond acceptors (Lipinski definition) is 3. The zero-order valence-electron chi connectivity index (χ0n) is 11.9. The van der Waals surface area contributed by atoms with Crippen molar-refractivity contribution >= 4 is 5.91 Å². The second kappa shape index (κ2) is 6.79. The van der Waals surface area contributed by atoms with Crippen molar-refractivity contribution in [2.45, 2.75) is 25.8 Å². The first kappa shape index (κ1) is 14.9. The molecule has 4 nitrogen and oxygen atoms in total. The van der Waals surface area contributed by atoms with Crippen LogP contribution in [0, 0.1) is 0 Å². The van der Waals surface area contributed by atoms with E-state index >= 15 is 0 Å². The van der Waals surface area contributed by atoms with E-state index in [1.807, 2.05) is 25.1 Å². The molecule has 0 aliphatic heterocycles. The van der Waals surface area contributed by atoms with Gasteiger partial charge in [-0.3, -0.25) is 4.79 Å². The van der Waals surface area contributed by atoms with Crippen molar-refractivity contribution in [1.29, 1.82) is 0 Å². The van der Waals surface area contributed by atoms with E-state index in [9.17, 15) is 15.0 Å². The van der Waals surface area contributed by atoms with E-state index in [2.05, 4.69) is 5.32 Å². The van der Waals surface area contributed by atoms with Crippen LogP contribution < -0.4 is 5.32 Å². The van der Waals surface area contributed by atoms with Gasteiger partial charge in [-0.1, -0.05) is 24.3 Å². The van der Waals surface area contributed by atoms with Crippen LogP contribution in [0.3, 0.4) is 0 Å². The summed E-state index contributed by atoms with van der Waals surface area (Å²) in [6.45, 7) is 1.94. The monoisotopic (exact) mass is 285 g/mol. The van der Waals surface area contributed by atoms with E-state index in [-0.39, 0.29) is 29.9 Å². The molecule has 0 radical (unpaired) electrons. The van der Waals surface area contributed by atoms with Crippen molar-refractivity contribution in [2.75, 3.05) is 0 Å². The van der Waals surface area contributed by atoms with Crippen LogP contribution >= 0.6 is 0 Å². The van der Waals surface area contributed by atoms with Crippen molar-refractivity contribution in [3.05, 3.63) is 59.7 Å². The molecular formula is C17H19NO3. The van der Waals surface area contributed by atoms with Gasteiger partial charge in [0.05, 0.1) is 6.42 Å². The topological polar surface area (TPSA) is 69.6 Å². The molecule has 0 saturated carbocycles. The summed E-state index contributed by atoms with van der Waals surface area (Å²) in [5.41, 5.74) is 1.84. The van der Waals surface area contributed by atoms with E-state index in [0.29, 0.717) is 6.42 Å². The van der Waals surface area contributed by atoms with Gasteiger partial charge in [0.15, 0.2) is 0 Å². The summed E-state index contributed by atoms with van der Waals surface area (Å²) < 4.78 is 0. The molecule has 4 heteroatoms. The molecule has 110 valence electrons. The third kappa shape index (κ3) is 4.84. The fraction of sp³-hybridized carbons (Fsp3) is 0.235. The van der Waals surface area contributed by atoms with Gasteiger partial charge < -0.3 is 15.5 Å². The second-order valence-electron chi connectivity index (χ2n) is 5.19. The van der Waals surface area contributed by atoms with Crippen LogP contribution in [-0.2, 0) is 17.6 Å². The number of carbonyl (C=O) groups excluding carboxylic acids is 1. The van der Waals surface area contributed by atoms with Gasteiger partial charge in [0, 0.05) is 6.04 Å². The maximum absolute atomic E-state index is 11.9. The second-order valence-corrected chi connectivity index (χ2v) is 5.19. The van der Waals surface area contributed by atoms with E-state index < -0.39 is 0 Å². The molecule has 0 aromatic heterocycles. The maximum atomic E-state index is 11.9. The van der Waals surface area contributed by atoms with Crippen molar-refractivity contribution in [3.8, 4) is 11.5 Å². The van der Waals surface area contributed by atoms with Crippen LogP contribution in [0.2, 0.25) is 0 Å². The Hall–Kier alpha value is -2.49. The lowest BCUT2D eigenvalue weighted by atomic mass is 10.1. The molecule has 1 atom stereocenters. The largest absolute Gasteiger partial charge is 0.508 e. The molecule has 0 bridgehead atoms. The number of nitrogens with one attached hydrogen (secondary N) is 1. The molecular weight excluding hydrogens is 266 g/mol. The van der Waals surface area contributed by atoms with Crippen molar-refractivity contribution in [1.82, 2.24) is 5.32 Å². The van der Waals surface area contributed by atoms with Crippen molar-refractivity contribution in [2.24, 2.45) is 0 Å². The average Bonchev–Trinajstić information content (AvgIpc) is 2.41. The van der Waals surface area contributed by atoms with Gasteiger partial charge in [-0.25, -0.2) is 0 Å². The first-order chi connectivity index (χ1) is 10.0. The highest BCUT2D eigenvalue weighted by atomic mass is 16.3. The third-order valence-corrected chi connectivity index (χ3v) is 3.16. The van der Waals surface area contributed by atoms with E-state index in [1.165, 1.54) is 0 Å². The maximum Gasteiger partial charge on any atom is 0.224 e. The SMILES string of the molecule is CC(Cc1ccc(O)cc1)NC(=O)Cc1cccc(O)c1. The fourth-order valence-corrected chi connectivity index (χ4v) is 2.21. The Morgan fingerprint density at radius 3 is 2.43 bits per heavy atom. The van der Waals surface area contributed by atoms with E-state index in [0.717, 1.165) is 11.1 Å². The smallest absolute Gasteiger partial charge is 0.224 e. The van der Waals surface area contributed by atoms with Crippen LogP contribution in [0.4, 0.5) is 0 Å². The predicted molar refractivity (Wildman–Crippen MR) is 81.2 cm³/mol. The summed E-state index contributed by atoms with van der Waals surface area (Å²) in [7, 11) is 0. The molecule has 2 rings (SSSR count). The van der Waals surface area contributed by atoms with Crippen molar-refractivity contribution in [3.63, 3.8) is 0 Å². The molecule has 1 amide bonds. The summed E-state index contributed by atoms with van der Waals surface area (Å²) in [5, 5.41) is 21.5. The lowest BCUT2D eigenvalue weighted by Crippen LogP contribution is -2.35. The Labute approximate surface area is 124 Å². The highest BCUT2D eigenvalue weighted by Crippen LogP contribution is 2.13. The van der Waals surface area contributed by atoms with Crippen LogP contribution in [0.15, 0.2) is 48.5 Å². The number of benzene rings is 2. The zero-order valence-corrected chi connectivity index (χ0v) is 11.9. The van der Waals surface area contributed by atoms with Crippen LogP contribution in [-0.4, -0.2) is 22.2 Å². The lowest BCUT2D eigenvalue weighted by Gasteiger charge is -2.14. The summed E-state index contributed by atoms with van der Waals surface area (Å²) in [4.78, 5) is 11.9. The van der Waals surface area contributed by atoms with E-state index in [1.54, 1.807) is 30.3 Å². The van der Waals surface area contributed by atoms with Gasteiger partial charge >= 0.3 is 0 Å². The summed E-state index contributed by atoms with van der Waals surface area (Å²) in [6, 6.07) is 13.6. The third-order valence-electron chi connectivity index (χ3n) is 3.16. The van der Waals surface area contributed by atoms with Crippen molar-refractivity contribution < 1.29 is 15.0 Å². The number of rotatable bonds is 5. The number of aromatic hydroxyl groups is 2. The summed E-state index contributed by atoms with van der Waals surface area (Å²) in [5.74, 6) is 0.323. The molecule has 0 saturated heterocycles. The number of phenolic OH excluding ortho intramolecular Hbond substituents is 2. The molecule has 1 unspecified atom stereocenters. The molecule has 2 aromatic rings. The molecule has 2 aromatic carbocycles. The molecule has 0 aliphatic carbocycles. The molecule has 0 heterocycles. The molecule has 0 aliphatic rings. The zero-order chi connectivity index (χ0) is 15.2. The normalized spacial score (nSPS) is 11.9. The first-order valence-electron chi connectivity index (χ1n) is 6.88. The predicted octanol–water partition coefficient (Wildman–Crippen LogP) is 2.39. The molecule has 21 heavy (non-hydrogen) atoms. The Morgan fingerprint density at radius 1 is 1.05 bits per heavy atom. The summed E-state index contributed by atoms with van der Waals surface area (Å²) in [6.07, 6.45) is 0.945. The minimum absolute atomic E-state index is 0.000600. The van der Waals surface area contributed by atoms with Gasteiger partial charge in [0.1, 0.15) is 11.5 Å². The van der Waals surface area contributed by atoms with Gasteiger partial charge in [0.25, 0.3) is 0 Å². The average molecular weight is 285 g/mol. The van der Waals surface area contributed by atoms with Gasteiger partial charge in [-0.2, -0.15) is 0 Å². The molecule has 0 fully saturated rings. The quantitative estimate of drug-likeness (QED) is 0.790. The first-order valence-corrected chi connectivity index (χ1v) is 6.88. The number of carbonyl (C=O) groups is 1. The van der Waals surface area contributed by atoms with Gasteiger partial charge in [0.2, 0.25) is 5.91 Å². The van der Waals surface area contributed by atoms with Crippen LogP contribution in [0.1, 0.15) is 18.1 Å². The Balaban J connectivity index is 1.86. The minimum atomic E-state index is -0.0770. The molecule has 3 N–H and O–H groups in total. The number of hydrogen-bond donors (Lipinski definition) is 3. The van der Waals surface area contributed by atoms with Crippen LogP contribution in [0.25, 0.3) is 0 Å². The van der Waals surface area contributed by atoms with E-state index in [4.69, 9.17) is 0 Å². The summed E-state index contributed by atoms with van der Waals surface area (Å²) >= 11 is 0. The standard InChI is InChI=1S/C17H19NO3/c1-12(9-13-5-7-15(19)8-6-13)18-17(21)11-14-3-2-4-16(20)10-14/h2-8,10,12,19-20H,9,11H2,1H3,(H,18,21). The highest BCUT2D eigenvalue weighted by Gasteiger charge is 2.09. The minimum Gasteiger partial charge on any atom is -0.508 e. The highest BCUT2D eigenvalue weighted by molar-refractivity contribution is 5.78. The number of amides is 1. The van der Waals surface area contributed by atoms with Crippen LogP contribution in [0.5, 0.6) is 11.5 Å². The lowest BCUT2D eigenvalue weighted by molar-refractivity contribution is -0.121. The molecule has 0 spiro atoms. The van der Waals surface area contributed by atoms with Gasteiger partial charge in [-0.05, 0) is 48.7 Å². The number of phenols is 2. The van der Waals surface area contributed by atoms with Gasteiger partial charge in [-0.15, -0.1) is 0 Å².